The summed E-state index contributed by atoms with van der Waals surface area (Å²) in [5.41, 5.74) is 1.38. The van der Waals surface area contributed by atoms with E-state index in [9.17, 15) is 0 Å². The van der Waals surface area contributed by atoms with Gasteiger partial charge in [0.1, 0.15) is 5.75 Å². The van der Waals surface area contributed by atoms with Crippen LogP contribution < -0.4 is 4.74 Å². The van der Waals surface area contributed by atoms with Gasteiger partial charge in [-0.3, -0.25) is 4.90 Å². The number of piperazine rings is 1. The van der Waals surface area contributed by atoms with Crippen LogP contribution in [0.15, 0.2) is 24.3 Å². The van der Waals surface area contributed by atoms with Crippen molar-refractivity contribution in [1.29, 1.82) is 0 Å². The van der Waals surface area contributed by atoms with Crippen molar-refractivity contribution < 1.29 is 4.74 Å². The predicted octanol–water partition coefficient (Wildman–Crippen LogP) is 3.90. The van der Waals surface area contributed by atoms with Crippen LogP contribution in [0.4, 0.5) is 0 Å². The van der Waals surface area contributed by atoms with Crippen molar-refractivity contribution in [2.75, 3.05) is 39.0 Å². The van der Waals surface area contributed by atoms with Crippen LogP contribution in [0.1, 0.15) is 32.3 Å². The highest BCUT2D eigenvalue weighted by molar-refractivity contribution is 7.96. The molecule has 124 valence electrons. The Morgan fingerprint density at radius 3 is 2.36 bits per heavy atom. The summed E-state index contributed by atoms with van der Waals surface area (Å²) in [4.78, 5) is 2.53. The maximum atomic E-state index is 5.81. The summed E-state index contributed by atoms with van der Waals surface area (Å²) in [5, 5.41) is 0. The minimum Gasteiger partial charge on any atom is -0.494 e. The molecular weight excluding hydrogens is 292 g/mol. The molecule has 0 atom stereocenters. The largest absolute Gasteiger partial charge is 0.494 e. The Bertz CT molecular complexity index is 414. The zero-order valence-electron chi connectivity index (χ0n) is 14.3. The molecule has 1 aromatic carbocycles. The molecule has 0 N–H and O–H groups in total. The summed E-state index contributed by atoms with van der Waals surface area (Å²) in [6.45, 7) is 11.0. The molecule has 0 bridgehead atoms. The van der Waals surface area contributed by atoms with Crippen molar-refractivity contribution >= 4 is 11.9 Å². The van der Waals surface area contributed by atoms with E-state index in [4.69, 9.17) is 4.74 Å². The Morgan fingerprint density at radius 1 is 1.09 bits per heavy atom. The van der Waals surface area contributed by atoms with E-state index >= 15 is 0 Å². The third-order valence-electron chi connectivity index (χ3n) is 4.11. The number of hydrogen-bond acceptors (Lipinski definition) is 4. The molecule has 3 nitrogen and oxygen atoms in total. The second-order valence-corrected chi connectivity index (χ2v) is 7.30. The van der Waals surface area contributed by atoms with E-state index in [1.165, 1.54) is 12.0 Å². The van der Waals surface area contributed by atoms with Crippen molar-refractivity contribution in [2.45, 2.75) is 33.2 Å². The van der Waals surface area contributed by atoms with E-state index in [-0.39, 0.29) is 0 Å². The SMILES string of the molecule is CSN1CCN(Cc2ccc(OCCCC(C)C)cc2)CC1. The zero-order valence-corrected chi connectivity index (χ0v) is 15.1. The van der Waals surface area contributed by atoms with Gasteiger partial charge in [-0.25, -0.2) is 4.31 Å². The van der Waals surface area contributed by atoms with Gasteiger partial charge in [-0.05, 0) is 42.7 Å². The third kappa shape index (κ3) is 6.19. The Labute approximate surface area is 140 Å². The molecule has 1 aliphatic heterocycles. The summed E-state index contributed by atoms with van der Waals surface area (Å²) in [5.74, 6) is 1.76. The van der Waals surface area contributed by atoms with E-state index in [1.54, 1.807) is 0 Å². The highest BCUT2D eigenvalue weighted by Crippen LogP contribution is 2.16. The molecule has 22 heavy (non-hydrogen) atoms. The topological polar surface area (TPSA) is 15.7 Å². The van der Waals surface area contributed by atoms with Crippen LogP contribution in [0.25, 0.3) is 0 Å². The van der Waals surface area contributed by atoms with E-state index in [1.807, 2.05) is 11.9 Å². The van der Waals surface area contributed by atoms with E-state index < -0.39 is 0 Å². The van der Waals surface area contributed by atoms with Crippen molar-refractivity contribution in [1.82, 2.24) is 9.21 Å². The second-order valence-electron chi connectivity index (χ2n) is 6.42. The van der Waals surface area contributed by atoms with Gasteiger partial charge in [0.15, 0.2) is 0 Å². The Kier molecular flexibility index (Phi) is 7.56. The lowest BCUT2D eigenvalue weighted by Gasteiger charge is -2.33. The van der Waals surface area contributed by atoms with Gasteiger partial charge < -0.3 is 4.74 Å². The zero-order chi connectivity index (χ0) is 15.8. The van der Waals surface area contributed by atoms with Gasteiger partial charge >= 0.3 is 0 Å². The third-order valence-corrected chi connectivity index (χ3v) is 5.00. The number of benzene rings is 1. The molecule has 0 aromatic heterocycles. The summed E-state index contributed by atoms with van der Waals surface area (Å²) in [6, 6.07) is 8.64. The van der Waals surface area contributed by atoms with Gasteiger partial charge in [0.05, 0.1) is 6.61 Å². The molecule has 0 radical (unpaired) electrons. The average molecular weight is 323 g/mol. The van der Waals surface area contributed by atoms with Gasteiger partial charge in [0, 0.05) is 32.7 Å². The van der Waals surface area contributed by atoms with Crippen LogP contribution in [-0.4, -0.2) is 48.2 Å². The van der Waals surface area contributed by atoms with E-state index in [0.717, 1.165) is 57.4 Å². The molecule has 0 aliphatic carbocycles. The first-order valence-corrected chi connectivity index (χ1v) is 9.58. The number of ether oxygens (including phenoxy) is 1. The molecule has 1 saturated heterocycles. The molecule has 1 fully saturated rings. The first kappa shape index (κ1) is 17.6. The highest BCUT2D eigenvalue weighted by atomic mass is 32.2. The van der Waals surface area contributed by atoms with Crippen molar-refractivity contribution in [3.05, 3.63) is 29.8 Å². The summed E-state index contributed by atoms with van der Waals surface area (Å²) in [7, 11) is 0. The normalized spacial score (nSPS) is 17.1. The van der Waals surface area contributed by atoms with Crippen LogP contribution in [0.3, 0.4) is 0 Å². The molecule has 1 aliphatic rings. The first-order valence-electron chi connectivity index (χ1n) is 8.40. The quantitative estimate of drug-likeness (QED) is 0.532. The predicted molar refractivity (Wildman–Crippen MR) is 96.4 cm³/mol. The van der Waals surface area contributed by atoms with Gasteiger partial charge in [-0.2, -0.15) is 0 Å². The molecular formula is C18H30N2OS. The fourth-order valence-electron chi connectivity index (χ4n) is 2.70. The number of rotatable bonds is 8. The second kappa shape index (κ2) is 9.43. The molecule has 4 heteroatoms. The lowest BCUT2D eigenvalue weighted by atomic mass is 10.1. The van der Waals surface area contributed by atoms with Gasteiger partial charge in [-0.15, -0.1) is 0 Å². The summed E-state index contributed by atoms with van der Waals surface area (Å²) < 4.78 is 8.24. The minimum atomic E-state index is 0.762. The van der Waals surface area contributed by atoms with Crippen molar-refractivity contribution in [3.8, 4) is 5.75 Å². The van der Waals surface area contributed by atoms with Crippen molar-refractivity contribution in [3.63, 3.8) is 0 Å². The van der Waals surface area contributed by atoms with Crippen LogP contribution in [0.2, 0.25) is 0 Å². The Balaban J connectivity index is 1.70. The Morgan fingerprint density at radius 2 is 1.77 bits per heavy atom. The van der Waals surface area contributed by atoms with Crippen LogP contribution >= 0.6 is 11.9 Å². The lowest BCUT2D eigenvalue weighted by Crippen LogP contribution is -2.42. The number of nitrogens with zero attached hydrogens (tertiary/aromatic N) is 2. The molecule has 0 spiro atoms. The van der Waals surface area contributed by atoms with Crippen LogP contribution in [0, 0.1) is 5.92 Å². The van der Waals surface area contributed by atoms with Gasteiger partial charge in [0.25, 0.3) is 0 Å². The first-order chi connectivity index (χ1) is 10.7. The highest BCUT2D eigenvalue weighted by Gasteiger charge is 2.15. The smallest absolute Gasteiger partial charge is 0.119 e. The monoisotopic (exact) mass is 322 g/mol. The molecule has 1 heterocycles. The van der Waals surface area contributed by atoms with Gasteiger partial charge in [0.2, 0.25) is 0 Å². The molecule has 0 amide bonds. The van der Waals surface area contributed by atoms with Crippen molar-refractivity contribution in [2.24, 2.45) is 5.92 Å². The maximum absolute atomic E-state index is 5.81. The lowest BCUT2D eigenvalue weighted by molar-refractivity contribution is 0.189. The fraction of sp³-hybridized carbons (Fsp3) is 0.667. The van der Waals surface area contributed by atoms with E-state index in [2.05, 4.69) is 53.6 Å². The Hall–Kier alpha value is -0.710. The molecule has 0 unspecified atom stereocenters. The fourth-order valence-corrected chi connectivity index (χ4v) is 3.23. The molecule has 1 aromatic rings. The van der Waals surface area contributed by atoms with Crippen LogP contribution in [-0.2, 0) is 6.54 Å². The maximum Gasteiger partial charge on any atom is 0.119 e. The van der Waals surface area contributed by atoms with Gasteiger partial charge in [-0.1, -0.05) is 37.9 Å². The molecule has 0 saturated carbocycles. The standard InChI is InChI=1S/C18H30N2OS/c1-16(2)5-4-14-21-18-8-6-17(7-9-18)15-19-10-12-20(22-3)13-11-19/h6-9,16H,4-5,10-15H2,1-3H3. The van der Waals surface area contributed by atoms with Crippen LogP contribution in [0.5, 0.6) is 5.75 Å². The summed E-state index contributed by atoms with van der Waals surface area (Å²) in [6.07, 6.45) is 4.54. The summed E-state index contributed by atoms with van der Waals surface area (Å²) >= 11 is 1.86. The molecule has 2 rings (SSSR count). The minimum absolute atomic E-state index is 0.762. The average Bonchev–Trinajstić information content (AvgIpc) is 2.54. The van der Waals surface area contributed by atoms with E-state index in [0.29, 0.717) is 0 Å². The number of hydrogen-bond donors (Lipinski definition) is 0.